The van der Waals surface area contributed by atoms with Crippen molar-refractivity contribution in [3.63, 3.8) is 0 Å². The number of hydrogen-bond donors (Lipinski definition) is 1. The Balaban J connectivity index is 2.36. The molecule has 121 valence electrons. The lowest BCUT2D eigenvalue weighted by Crippen LogP contribution is -2.41. The fraction of sp³-hybridized carbons (Fsp3) is 0.867. The summed E-state index contributed by atoms with van der Waals surface area (Å²) in [5, 5.41) is 0. The van der Waals surface area contributed by atoms with Crippen molar-refractivity contribution in [3.8, 4) is 0 Å². The molecule has 1 aliphatic heterocycles. The van der Waals surface area contributed by atoms with Crippen molar-refractivity contribution < 1.29 is 18.8 Å². The Labute approximate surface area is 129 Å². The Kier molecular flexibility index (Phi) is 5.51. The molecule has 0 amide bonds. The Morgan fingerprint density at radius 3 is 2.14 bits per heavy atom. The van der Waals surface area contributed by atoms with E-state index in [-0.39, 0.29) is 29.5 Å². The van der Waals surface area contributed by atoms with Gasteiger partial charge in [-0.3, -0.25) is 4.79 Å². The van der Waals surface area contributed by atoms with Gasteiger partial charge in [-0.1, -0.05) is 0 Å². The predicted molar refractivity (Wildman–Crippen MR) is 83.4 cm³/mol. The van der Waals surface area contributed by atoms with Gasteiger partial charge >= 0.3 is 13.1 Å². The van der Waals surface area contributed by atoms with Crippen molar-refractivity contribution in [2.24, 2.45) is 5.73 Å². The molecule has 0 spiro atoms. The predicted octanol–water partition coefficient (Wildman–Crippen LogP) is 2.27. The zero-order chi connectivity index (χ0) is 16.5. The first-order valence-electron chi connectivity index (χ1n) is 7.49. The Morgan fingerprint density at radius 1 is 1.24 bits per heavy atom. The maximum atomic E-state index is 11.6. The number of hydrogen-bond acceptors (Lipinski definition) is 5. The number of rotatable bonds is 5. The van der Waals surface area contributed by atoms with E-state index in [0.717, 1.165) is 0 Å². The van der Waals surface area contributed by atoms with Gasteiger partial charge in [-0.15, -0.1) is 0 Å². The minimum atomic E-state index is -0.460. The number of nitrogens with two attached hydrogens (primary N) is 1. The molecule has 1 heterocycles. The van der Waals surface area contributed by atoms with Crippen molar-refractivity contribution in [3.05, 3.63) is 6.42 Å². The molecule has 0 aliphatic carbocycles. The van der Waals surface area contributed by atoms with E-state index in [1.807, 2.05) is 54.9 Å². The molecule has 21 heavy (non-hydrogen) atoms. The number of carbonyl (C=O) groups is 1. The summed E-state index contributed by atoms with van der Waals surface area (Å²) in [7, 11) is -0.454. The van der Waals surface area contributed by atoms with Crippen LogP contribution < -0.4 is 5.73 Å². The molecule has 0 saturated carbocycles. The molecule has 6 heteroatoms. The lowest BCUT2D eigenvalue weighted by atomic mass is 9.76. The monoisotopic (exact) mass is 298 g/mol. The summed E-state index contributed by atoms with van der Waals surface area (Å²) in [5.74, 6) is -0.544. The molecule has 1 unspecified atom stereocenters. The van der Waals surface area contributed by atoms with Crippen molar-refractivity contribution in [2.75, 3.05) is 0 Å². The van der Waals surface area contributed by atoms with E-state index in [2.05, 4.69) is 0 Å². The smallest absolute Gasteiger partial charge is 0.460 e. The van der Waals surface area contributed by atoms with E-state index in [9.17, 15) is 4.79 Å². The minimum absolute atomic E-state index is 0.241. The van der Waals surface area contributed by atoms with Gasteiger partial charge < -0.3 is 19.8 Å². The van der Waals surface area contributed by atoms with Crippen LogP contribution in [0.2, 0.25) is 0 Å². The highest BCUT2D eigenvalue weighted by Crippen LogP contribution is 2.37. The molecule has 2 N–H and O–H groups in total. The number of esters is 1. The molecule has 1 fully saturated rings. The molecule has 1 atom stereocenters. The Morgan fingerprint density at radius 2 is 1.71 bits per heavy atom. The quantitative estimate of drug-likeness (QED) is 0.623. The fourth-order valence-corrected chi connectivity index (χ4v) is 1.95. The third-order valence-corrected chi connectivity index (χ3v) is 3.79. The molecule has 1 radical (unpaired) electrons. The van der Waals surface area contributed by atoms with Crippen LogP contribution in [0.4, 0.5) is 0 Å². The third kappa shape index (κ3) is 5.27. The number of ether oxygens (including phenoxy) is 1. The molecule has 0 aromatic rings. The van der Waals surface area contributed by atoms with Crippen molar-refractivity contribution in [1.82, 2.24) is 0 Å². The van der Waals surface area contributed by atoms with Gasteiger partial charge in [0.05, 0.1) is 11.2 Å². The summed E-state index contributed by atoms with van der Waals surface area (Å²) in [6, 6.07) is 0. The van der Waals surface area contributed by atoms with Crippen LogP contribution in [0.3, 0.4) is 0 Å². The molecular formula is C15H29BNO4. The average Bonchev–Trinajstić information content (AvgIpc) is 2.45. The molecular weight excluding hydrogens is 269 g/mol. The molecule has 0 bridgehead atoms. The molecule has 1 saturated heterocycles. The summed E-state index contributed by atoms with van der Waals surface area (Å²) in [5.41, 5.74) is 4.86. The van der Waals surface area contributed by atoms with Crippen LogP contribution in [0.15, 0.2) is 0 Å². The summed E-state index contributed by atoms with van der Waals surface area (Å²) in [6.07, 6.45) is 2.60. The van der Waals surface area contributed by atoms with Gasteiger partial charge in [-0.05, 0) is 61.3 Å². The van der Waals surface area contributed by atoms with Crippen LogP contribution in [-0.4, -0.2) is 35.8 Å². The van der Waals surface area contributed by atoms with E-state index >= 15 is 0 Å². The van der Waals surface area contributed by atoms with Gasteiger partial charge in [0.2, 0.25) is 0 Å². The topological polar surface area (TPSA) is 70.8 Å². The van der Waals surface area contributed by atoms with E-state index in [4.69, 9.17) is 19.8 Å². The summed E-state index contributed by atoms with van der Waals surface area (Å²) < 4.78 is 17.0. The Hall–Kier alpha value is -0.585. The van der Waals surface area contributed by atoms with Crippen LogP contribution in [0, 0.1) is 6.42 Å². The van der Waals surface area contributed by atoms with Crippen LogP contribution in [0.1, 0.15) is 61.3 Å². The molecule has 1 rings (SSSR count). The van der Waals surface area contributed by atoms with Crippen LogP contribution in [-0.2, 0) is 18.8 Å². The van der Waals surface area contributed by atoms with E-state index in [1.54, 1.807) is 0 Å². The van der Waals surface area contributed by atoms with Gasteiger partial charge in [0.1, 0.15) is 5.60 Å². The maximum absolute atomic E-state index is 11.6. The zero-order valence-corrected chi connectivity index (χ0v) is 14.4. The molecule has 1 aliphatic rings. The minimum Gasteiger partial charge on any atom is -0.460 e. The zero-order valence-electron chi connectivity index (χ0n) is 14.4. The van der Waals surface area contributed by atoms with Gasteiger partial charge in [-0.25, -0.2) is 0 Å². The second kappa shape index (κ2) is 6.27. The Bertz CT molecular complexity index is 360. The molecule has 5 nitrogen and oxygen atoms in total. The van der Waals surface area contributed by atoms with E-state index in [1.165, 1.54) is 0 Å². The molecule has 0 aromatic carbocycles. The molecule has 0 aromatic heterocycles. The standard InChI is InChI=1S/C15H29BNO4/c1-13(2,3)19-12(18)10-8-9-11(17)16-20-14(4,5)15(6,7)21-16/h8,11H,9-10,17H2,1-7H3. The van der Waals surface area contributed by atoms with Gasteiger partial charge in [-0.2, -0.15) is 0 Å². The van der Waals surface area contributed by atoms with Gasteiger partial charge in [0.25, 0.3) is 0 Å². The third-order valence-electron chi connectivity index (χ3n) is 3.79. The SMILES string of the molecule is CC(C)(C)OC(=O)C[CH]CC(N)B1OC(C)(C)C(C)(C)O1. The second-order valence-corrected chi connectivity index (χ2v) is 7.60. The van der Waals surface area contributed by atoms with Crippen molar-refractivity contribution in [1.29, 1.82) is 0 Å². The fourth-order valence-electron chi connectivity index (χ4n) is 1.95. The highest BCUT2D eigenvalue weighted by molar-refractivity contribution is 6.47. The maximum Gasteiger partial charge on any atom is 0.475 e. The highest BCUT2D eigenvalue weighted by atomic mass is 16.7. The summed E-state index contributed by atoms with van der Waals surface area (Å²) >= 11 is 0. The highest BCUT2D eigenvalue weighted by Gasteiger charge is 2.52. The second-order valence-electron chi connectivity index (χ2n) is 7.60. The van der Waals surface area contributed by atoms with Crippen LogP contribution in [0.25, 0.3) is 0 Å². The number of carbonyl (C=O) groups excluding carboxylic acids is 1. The average molecular weight is 298 g/mol. The van der Waals surface area contributed by atoms with Crippen LogP contribution in [0.5, 0.6) is 0 Å². The normalized spacial score (nSPS) is 22.2. The first-order valence-corrected chi connectivity index (χ1v) is 7.49. The van der Waals surface area contributed by atoms with Crippen molar-refractivity contribution >= 4 is 13.1 Å². The van der Waals surface area contributed by atoms with E-state index in [0.29, 0.717) is 6.42 Å². The lowest BCUT2D eigenvalue weighted by Gasteiger charge is -2.32. The first-order chi connectivity index (χ1) is 9.34. The van der Waals surface area contributed by atoms with Crippen LogP contribution >= 0.6 is 0 Å². The van der Waals surface area contributed by atoms with Gasteiger partial charge in [0.15, 0.2) is 0 Å². The van der Waals surface area contributed by atoms with Crippen molar-refractivity contribution in [2.45, 2.75) is 84.1 Å². The summed E-state index contributed by atoms with van der Waals surface area (Å²) in [4.78, 5) is 11.6. The van der Waals surface area contributed by atoms with Gasteiger partial charge in [0, 0.05) is 12.4 Å². The lowest BCUT2D eigenvalue weighted by molar-refractivity contribution is -0.154. The first kappa shape index (κ1) is 18.5. The largest absolute Gasteiger partial charge is 0.475 e. The van der Waals surface area contributed by atoms with E-state index < -0.39 is 12.7 Å². The summed E-state index contributed by atoms with van der Waals surface area (Å²) in [6.45, 7) is 13.5.